The maximum absolute atomic E-state index is 6.33. The van der Waals surface area contributed by atoms with Crippen molar-refractivity contribution in [2.45, 2.75) is 46.1 Å². The molecule has 0 aromatic rings. The Balaban J connectivity index is 2.45. The zero-order valence-corrected chi connectivity index (χ0v) is 10.2. The average Bonchev–Trinajstić information content (AvgIpc) is 2.45. The van der Waals surface area contributed by atoms with E-state index in [1.54, 1.807) is 0 Å². The summed E-state index contributed by atoms with van der Waals surface area (Å²) in [6.45, 7) is 12.6. The van der Waals surface area contributed by atoms with Crippen LogP contribution < -0.4 is 5.73 Å². The third-order valence-corrected chi connectivity index (χ3v) is 4.01. The molecule has 0 spiro atoms. The molecule has 1 saturated heterocycles. The Hall–Kier alpha value is -0.0800. The molecule has 1 aliphatic rings. The number of rotatable bonds is 4. The molecular formula is C12H26N2. The summed E-state index contributed by atoms with van der Waals surface area (Å²) in [7, 11) is 0. The summed E-state index contributed by atoms with van der Waals surface area (Å²) in [5, 5.41) is 0. The molecule has 0 amide bonds. The fourth-order valence-electron chi connectivity index (χ4n) is 2.30. The molecule has 2 heteroatoms. The minimum atomic E-state index is 0.0454. The Kier molecular flexibility index (Phi) is 3.96. The van der Waals surface area contributed by atoms with Gasteiger partial charge >= 0.3 is 0 Å². The molecule has 2 N–H and O–H groups in total. The van der Waals surface area contributed by atoms with Gasteiger partial charge in [-0.3, -0.25) is 0 Å². The first-order chi connectivity index (χ1) is 6.50. The smallest absolute Gasteiger partial charge is 0.0278 e. The summed E-state index contributed by atoms with van der Waals surface area (Å²) in [6, 6.07) is 0. The molecule has 0 radical (unpaired) electrons. The van der Waals surface area contributed by atoms with Gasteiger partial charge in [-0.15, -0.1) is 0 Å². The molecule has 2 atom stereocenters. The summed E-state index contributed by atoms with van der Waals surface area (Å²) in [5.74, 6) is 1.68. The fourth-order valence-corrected chi connectivity index (χ4v) is 2.30. The third kappa shape index (κ3) is 2.71. The normalized spacial score (nSPS) is 29.8. The second-order valence-corrected chi connectivity index (χ2v) is 5.22. The highest BCUT2D eigenvalue weighted by atomic mass is 15.2. The highest BCUT2D eigenvalue weighted by molar-refractivity contribution is 4.89. The van der Waals surface area contributed by atoms with Crippen molar-refractivity contribution in [1.82, 2.24) is 4.90 Å². The van der Waals surface area contributed by atoms with E-state index in [-0.39, 0.29) is 5.54 Å². The van der Waals surface area contributed by atoms with E-state index in [1.807, 2.05) is 0 Å². The Labute approximate surface area is 88.8 Å². The number of hydrogen-bond acceptors (Lipinski definition) is 2. The minimum Gasteiger partial charge on any atom is -0.324 e. The summed E-state index contributed by atoms with van der Waals surface area (Å²) >= 11 is 0. The zero-order chi connectivity index (χ0) is 10.8. The molecular weight excluding hydrogens is 172 g/mol. The van der Waals surface area contributed by atoms with Crippen LogP contribution in [0.1, 0.15) is 40.5 Å². The molecule has 0 saturated carbocycles. The molecule has 1 aliphatic heterocycles. The van der Waals surface area contributed by atoms with Gasteiger partial charge < -0.3 is 10.6 Å². The van der Waals surface area contributed by atoms with Gasteiger partial charge in [0.1, 0.15) is 0 Å². The van der Waals surface area contributed by atoms with Crippen molar-refractivity contribution >= 4 is 0 Å². The fraction of sp³-hybridized carbons (Fsp3) is 1.00. The first kappa shape index (κ1) is 12.0. The molecule has 2 nitrogen and oxygen atoms in total. The second kappa shape index (κ2) is 4.63. The quantitative estimate of drug-likeness (QED) is 0.749. The summed E-state index contributed by atoms with van der Waals surface area (Å²) < 4.78 is 0. The molecule has 0 aromatic heterocycles. The largest absolute Gasteiger partial charge is 0.324 e. The number of likely N-dealkylation sites (tertiary alicyclic amines) is 1. The van der Waals surface area contributed by atoms with Gasteiger partial charge in [0.2, 0.25) is 0 Å². The van der Waals surface area contributed by atoms with Crippen molar-refractivity contribution < 1.29 is 0 Å². The van der Waals surface area contributed by atoms with Gasteiger partial charge in [0.05, 0.1) is 0 Å². The monoisotopic (exact) mass is 198 g/mol. The van der Waals surface area contributed by atoms with E-state index in [9.17, 15) is 0 Å². The zero-order valence-electron chi connectivity index (χ0n) is 10.2. The van der Waals surface area contributed by atoms with Crippen molar-refractivity contribution in [2.75, 3.05) is 19.6 Å². The Bertz CT molecular complexity index is 165. The highest BCUT2D eigenvalue weighted by Crippen LogP contribution is 2.24. The lowest BCUT2D eigenvalue weighted by Crippen LogP contribution is -2.48. The van der Waals surface area contributed by atoms with Crippen LogP contribution in [0.15, 0.2) is 0 Å². The lowest BCUT2D eigenvalue weighted by Gasteiger charge is -2.31. The highest BCUT2D eigenvalue weighted by Gasteiger charge is 2.31. The van der Waals surface area contributed by atoms with Gasteiger partial charge in [-0.05, 0) is 24.7 Å². The first-order valence-corrected chi connectivity index (χ1v) is 6.02. The van der Waals surface area contributed by atoms with Crippen molar-refractivity contribution in [3.8, 4) is 0 Å². The van der Waals surface area contributed by atoms with Crippen LogP contribution in [0.4, 0.5) is 0 Å². The van der Waals surface area contributed by atoms with Gasteiger partial charge in [0.15, 0.2) is 0 Å². The van der Waals surface area contributed by atoms with Crippen molar-refractivity contribution in [3.05, 3.63) is 0 Å². The van der Waals surface area contributed by atoms with Crippen molar-refractivity contribution in [1.29, 1.82) is 0 Å². The van der Waals surface area contributed by atoms with E-state index in [2.05, 4.69) is 32.6 Å². The maximum Gasteiger partial charge on any atom is 0.0278 e. The molecule has 2 unspecified atom stereocenters. The van der Waals surface area contributed by atoms with Crippen LogP contribution in [0.25, 0.3) is 0 Å². The topological polar surface area (TPSA) is 29.3 Å². The van der Waals surface area contributed by atoms with Gasteiger partial charge in [-0.25, -0.2) is 0 Å². The maximum atomic E-state index is 6.33. The number of hydrogen-bond donors (Lipinski definition) is 1. The molecule has 1 fully saturated rings. The van der Waals surface area contributed by atoms with Crippen LogP contribution in [-0.2, 0) is 0 Å². The Morgan fingerprint density at radius 2 is 1.57 bits per heavy atom. The molecule has 0 bridgehead atoms. The minimum absolute atomic E-state index is 0.0454. The Morgan fingerprint density at radius 1 is 1.14 bits per heavy atom. The summed E-state index contributed by atoms with van der Waals surface area (Å²) in [6.07, 6.45) is 2.17. The van der Waals surface area contributed by atoms with E-state index >= 15 is 0 Å². The average molecular weight is 198 g/mol. The lowest BCUT2D eigenvalue weighted by molar-refractivity contribution is 0.227. The summed E-state index contributed by atoms with van der Waals surface area (Å²) in [5.41, 5.74) is 6.37. The van der Waals surface area contributed by atoms with Crippen LogP contribution in [0, 0.1) is 11.8 Å². The summed E-state index contributed by atoms with van der Waals surface area (Å²) in [4.78, 5) is 2.54. The lowest BCUT2D eigenvalue weighted by atomic mass is 9.94. The van der Waals surface area contributed by atoms with Gasteiger partial charge in [-0.1, -0.05) is 27.7 Å². The standard InChI is InChI=1S/C12H26N2/c1-5-12(13,6-2)9-14-7-10(3)11(4)8-14/h10-11H,5-9,13H2,1-4H3. The molecule has 14 heavy (non-hydrogen) atoms. The Morgan fingerprint density at radius 3 is 1.93 bits per heavy atom. The van der Waals surface area contributed by atoms with E-state index in [1.165, 1.54) is 13.1 Å². The van der Waals surface area contributed by atoms with Crippen LogP contribution in [0.5, 0.6) is 0 Å². The van der Waals surface area contributed by atoms with Crippen molar-refractivity contribution in [2.24, 2.45) is 17.6 Å². The van der Waals surface area contributed by atoms with Crippen LogP contribution in [0.3, 0.4) is 0 Å². The van der Waals surface area contributed by atoms with Gasteiger partial charge in [0.25, 0.3) is 0 Å². The molecule has 0 aromatic carbocycles. The number of nitrogens with zero attached hydrogens (tertiary/aromatic N) is 1. The van der Waals surface area contributed by atoms with E-state index < -0.39 is 0 Å². The van der Waals surface area contributed by atoms with Gasteiger partial charge in [0, 0.05) is 25.2 Å². The molecule has 1 heterocycles. The third-order valence-electron chi connectivity index (χ3n) is 4.01. The van der Waals surface area contributed by atoms with Crippen LogP contribution >= 0.6 is 0 Å². The predicted octanol–water partition coefficient (Wildman–Crippen LogP) is 2.09. The van der Waals surface area contributed by atoms with Crippen LogP contribution in [-0.4, -0.2) is 30.1 Å². The first-order valence-electron chi connectivity index (χ1n) is 6.02. The van der Waals surface area contributed by atoms with E-state index in [4.69, 9.17) is 5.73 Å². The molecule has 1 rings (SSSR count). The second-order valence-electron chi connectivity index (χ2n) is 5.22. The van der Waals surface area contributed by atoms with Crippen LogP contribution in [0.2, 0.25) is 0 Å². The van der Waals surface area contributed by atoms with Crippen molar-refractivity contribution in [3.63, 3.8) is 0 Å². The molecule has 0 aliphatic carbocycles. The van der Waals surface area contributed by atoms with Gasteiger partial charge in [-0.2, -0.15) is 0 Å². The molecule has 84 valence electrons. The van der Waals surface area contributed by atoms with E-state index in [0.717, 1.165) is 31.2 Å². The van der Waals surface area contributed by atoms with E-state index in [0.29, 0.717) is 0 Å². The predicted molar refractivity (Wildman–Crippen MR) is 62.3 cm³/mol. The SMILES string of the molecule is CCC(N)(CC)CN1CC(C)C(C)C1. The number of nitrogens with two attached hydrogens (primary N) is 1.